The molecule has 0 radical (unpaired) electrons. The Hall–Kier alpha value is -2.54. The van der Waals surface area contributed by atoms with Gasteiger partial charge in [0.15, 0.2) is 0 Å². The molecule has 0 heterocycles. The molecule has 7 heteroatoms. The van der Waals surface area contributed by atoms with Crippen molar-refractivity contribution in [2.45, 2.75) is 40.2 Å². The quantitative estimate of drug-likeness (QED) is 0.710. The van der Waals surface area contributed by atoms with Crippen molar-refractivity contribution in [3.8, 4) is 5.75 Å². The summed E-state index contributed by atoms with van der Waals surface area (Å²) >= 11 is 0. The molecule has 0 unspecified atom stereocenters. The minimum atomic E-state index is -3.62. The molecule has 29 heavy (non-hydrogen) atoms. The molecule has 0 saturated heterocycles. The Balaban J connectivity index is 2.24. The van der Waals surface area contributed by atoms with Gasteiger partial charge in [0, 0.05) is 0 Å². The minimum absolute atomic E-state index is 0.215. The van der Waals surface area contributed by atoms with Crippen molar-refractivity contribution in [2.24, 2.45) is 0 Å². The Kier molecular flexibility index (Phi) is 7.30. The zero-order chi connectivity index (χ0) is 21.8. The van der Waals surface area contributed by atoms with Gasteiger partial charge >= 0.3 is 0 Å². The molecule has 0 aliphatic heterocycles. The number of amides is 1. The van der Waals surface area contributed by atoms with Crippen LogP contribution in [0.15, 0.2) is 36.4 Å². The van der Waals surface area contributed by atoms with Crippen molar-refractivity contribution < 1.29 is 17.9 Å². The predicted molar refractivity (Wildman–Crippen MR) is 117 cm³/mol. The second-order valence-corrected chi connectivity index (χ2v) is 9.22. The van der Waals surface area contributed by atoms with Crippen LogP contribution in [0.2, 0.25) is 0 Å². The van der Waals surface area contributed by atoms with Gasteiger partial charge < -0.3 is 10.1 Å². The van der Waals surface area contributed by atoms with Crippen LogP contribution in [0.1, 0.15) is 41.6 Å². The molecule has 0 bridgehead atoms. The number of aryl methyl sites for hydroxylation is 3. The molecular formula is C22H30N2O4S. The SMILES string of the molecule is CC[C@@H](NC(=O)CN(c1ccc(C)cc1C)S(C)(=O)=O)c1ccc(OC)c(C)c1. The zero-order valence-electron chi connectivity index (χ0n) is 17.9. The number of nitrogens with zero attached hydrogens (tertiary/aromatic N) is 1. The van der Waals surface area contributed by atoms with E-state index >= 15 is 0 Å². The number of methoxy groups -OCH3 is 1. The second-order valence-electron chi connectivity index (χ2n) is 7.32. The second kappa shape index (κ2) is 9.31. The molecule has 0 fully saturated rings. The molecule has 2 rings (SSSR count). The summed E-state index contributed by atoms with van der Waals surface area (Å²) in [5.74, 6) is 0.434. The van der Waals surface area contributed by atoms with Crippen LogP contribution in [-0.2, 0) is 14.8 Å². The lowest BCUT2D eigenvalue weighted by atomic mass is 10.0. The van der Waals surface area contributed by atoms with Gasteiger partial charge in [-0.3, -0.25) is 9.10 Å². The first-order chi connectivity index (χ1) is 13.6. The van der Waals surface area contributed by atoms with E-state index in [4.69, 9.17) is 4.74 Å². The Labute approximate surface area is 173 Å². The highest BCUT2D eigenvalue weighted by atomic mass is 32.2. The number of hydrogen-bond donors (Lipinski definition) is 1. The summed E-state index contributed by atoms with van der Waals surface area (Å²) in [6.45, 7) is 7.43. The zero-order valence-corrected chi connectivity index (χ0v) is 18.8. The standard InChI is InChI=1S/C22H30N2O4S/c1-7-19(18-9-11-21(28-5)17(4)13-18)23-22(25)14-24(29(6,26)27)20-10-8-15(2)12-16(20)3/h8-13,19H,7,14H2,1-6H3,(H,23,25)/t19-/m1/s1. The van der Waals surface area contributed by atoms with Gasteiger partial charge in [-0.1, -0.05) is 36.8 Å². The van der Waals surface area contributed by atoms with E-state index in [0.717, 1.165) is 38.6 Å². The van der Waals surface area contributed by atoms with Crippen LogP contribution in [0.25, 0.3) is 0 Å². The van der Waals surface area contributed by atoms with Crippen molar-refractivity contribution in [3.05, 3.63) is 58.7 Å². The molecule has 2 aromatic rings. The number of ether oxygens (including phenoxy) is 1. The molecule has 1 atom stereocenters. The number of hydrogen-bond acceptors (Lipinski definition) is 4. The molecule has 0 aromatic heterocycles. The van der Waals surface area contributed by atoms with Gasteiger partial charge in [-0.05, 0) is 56.0 Å². The molecule has 158 valence electrons. The van der Waals surface area contributed by atoms with E-state index in [1.54, 1.807) is 13.2 Å². The van der Waals surface area contributed by atoms with Gasteiger partial charge in [0.05, 0.1) is 25.1 Å². The molecule has 6 nitrogen and oxygen atoms in total. The Morgan fingerprint density at radius 2 is 1.79 bits per heavy atom. The first-order valence-corrected chi connectivity index (χ1v) is 11.4. The predicted octanol–water partition coefficient (Wildman–Crippen LogP) is 3.65. The first-order valence-electron chi connectivity index (χ1n) is 9.55. The van der Waals surface area contributed by atoms with Crippen LogP contribution >= 0.6 is 0 Å². The number of carbonyl (C=O) groups excluding carboxylic acids is 1. The monoisotopic (exact) mass is 418 g/mol. The third kappa shape index (κ3) is 5.73. The Morgan fingerprint density at radius 1 is 1.10 bits per heavy atom. The number of anilines is 1. The van der Waals surface area contributed by atoms with Crippen molar-refractivity contribution >= 4 is 21.6 Å². The smallest absolute Gasteiger partial charge is 0.241 e. The van der Waals surface area contributed by atoms with Crippen LogP contribution in [-0.4, -0.2) is 34.2 Å². The number of sulfonamides is 1. The third-order valence-electron chi connectivity index (χ3n) is 4.87. The summed E-state index contributed by atoms with van der Waals surface area (Å²) in [7, 11) is -2.00. The lowest BCUT2D eigenvalue weighted by molar-refractivity contribution is -0.120. The molecule has 0 saturated carbocycles. The summed E-state index contributed by atoms with van der Waals surface area (Å²) in [4.78, 5) is 12.8. The van der Waals surface area contributed by atoms with E-state index in [9.17, 15) is 13.2 Å². The summed E-state index contributed by atoms with van der Waals surface area (Å²) in [6, 6.07) is 11.0. The lowest BCUT2D eigenvalue weighted by Gasteiger charge is -2.25. The fourth-order valence-corrected chi connectivity index (χ4v) is 4.29. The van der Waals surface area contributed by atoms with Crippen LogP contribution in [0.3, 0.4) is 0 Å². The van der Waals surface area contributed by atoms with Crippen molar-refractivity contribution in [1.82, 2.24) is 5.32 Å². The topological polar surface area (TPSA) is 75.7 Å². The Bertz CT molecular complexity index is 986. The van der Waals surface area contributed by atoms with Gasteiger partial charge in [0.1, 0.15) is 12.3 Å². The number of rotatable bonds is 8. The van der Waals surface area contributed by atoms with E-state index in [1.807, 2.05) is 58.0 Å². The van der Waals surface area contributed by atoms with Gasteiger partial charge in [0.2, 0.25) is 15.9 Å². The van der Waals surface area contributed by atoms with E-state index in [1.165, 1.54) is 0 Å². The van der Waals surface area contributed by atoms with Crippen LogP contribution < -0.4 is 14.4 Å². The van der Waals surface area contributed by atoms with Gasteiger partial charge in [0.25, 0.3) is 0 Å². The largest absolute Gasteiger partial charge is 0.496 e. The van der Waals surface area contributed by atoms with Crippen molar-refractivity contribution in [3.63, 3.8) is 0 Å². The van der Waals surface area contributed by atoms with Gasteiger partial charge in [-0.2, -0.15) is 0 Å². The Morgan fingerprint density at radius 3 is 2.31 bits per heavy atom. The van der Waals surface area contributed by atoms with E-state index < -0.39 is 10.0 Å². The van der Waals surface area contributed by atoms with Crippen molar-refractivity contribution in [2.75, 3.05) is 24.2 Å². The number of nitrogens with one attached hydrogen (secondary N) is 1. The summed E-state index contributed by atoms with van der Waals surface area (Å²) in [6.07, 6.45) is 1.80. The number of carbonyl (C=O) groups is 1. The maximum atomic E-state index is 12.8. The van der Waals surface area contributed by atoms with E-state index in [2.05, 4.69) is 5.32 Å². The van der Waals surface area contributed by atoms with E-state index in [-0.39, 0.29) is 18.5 Å². The molecule has 0 aliphatic carbocycles. The number of benzene rings is 2. The fourth-order valence-electron chi connectivity index (χ4n) is 3.38. The lowest BCUT2D eigenvalue weighted by Crippen LogP contribution is -2.41. The minimum Gasteiger partial charge on any atom is -0.496 e. The highest BCUT2D eigenvalue weighted by molar-refractivity contribution is 7.92. The maximum absolute atomic E-state index is 12.8. The highest BCUT2D eigenvalue weighted by Gasteiger charge is 2.24. The summed E-state index contributed by atoms with van der Waals surface area (Å²) < 4.78 is 31.2. The average Bonchev–Trinajstić information content (AvgIpc) is 2.64. The molecule has 1 amide bonds. The normalized spacial score (nSPS) is 12.3. The molecule has 0 spiro atoms. The molecule has 2 aromatic carbocycles. The molecule has 1 N–H and O–H groups in total. The molecule has 0 aliphatic rings. The summed E-state index contributed by atoms with van der Waals surface area (Å²) in [5, 5.41) is 2.96. The van der Waals surface area contributed by atoms with Crippen LogP contribution in [0.5, 0.6) is 5.75 Å². The molecular weight excluding hydrogens is 388 g/mol. The van der Waals surface area contributed by atoms with Crippen LogP contribution in [0, 0.1) is 20.8 Å². The highest BCUT2D eigenvalue weighted by Crippen LogP contribution is 2.26. The first kappa shape index (κ1) is 22.7. The van der Waals surface area contributed by atoms with Gasteiger partial charge in [-0.15, -0.1) is 0 Å². The fraction of sp³-hybridized carbons (Fsp3) is 0.409. The summed E-state index contributed by atoms with van der Waals surface area (Å²) in [5.41, 5.74) is 4.29. The third-order valence-corrected chi connectivity index (χ3v) is 6.00. The van der Waals surface area contributed by atoms with E-state index in [0.29, 0.717) is 12.1 Å². The maximum Gasteiger partial charge on any atom is 0.241 e. The van der Waals surface area contributed by atoms with Gasteiger partial charge in [-0.25, -0.2) is 8.42 Å². The van der Waals surface area contributed by atoms with Crippen LogP contribution in [0.4, 0.5) is 5.69 Å². The average molecular weight is 419 g/mol. The van der Waals surface area contributed by atoms with Crippen molar-refractivity contribution in [1.29, 1.82) is 0 Å².